The third-order valence-electron chi connectivity index (χ3n) is 6.27. The van der Waals surface area contributed by atoms with Crippen LogP contribution in [0.1, 0.15) is 64.4 Å². The quantitative estimate of drug-likeness (QED) is 0.699. The normalized spacial score (nSPS) is 22.6. The van der Waals surface area contributed by atoms with Crippen LogP contribution in [0.2, 0.25) is 0 Å². The number of carbonyl (C=O) groups excluding carboxylic acids is 3. The molecule has 1 saturated carbocycles. The van der Waals surface area contributed by atoms with Crippen molar-refractivity contribution < 1.29 is 14.4 Å². The molecule has 31 heavy (non-hydrogen) atoms. The van der Waals surface area contributed by atoms with Gasteiger partial charge in [0.05, 0.1) is 6.04 Å². The van der Waals surface area contributed by atoms with E-state index in [0.717, 1.165) is 31.2 Å². The monoisotopic (exact) mass is 428 g/mol. The topological polar surface area (TPSA) is 95.7 Å². The van der Waals surface area contributed by atoms with Gasteiger partial charge in [-0.25, -0.2) is 4.79 Å². The molecule has 0 spiro atoms. The van der Waals surface area contributed by atoms with Gasteiger partial charge in [-0.1, -0.05) is 63.4 Å². The average Bonchev–Trinajstić information content (AvgIpc) is 2.72. The summed E-state index contributed by atoms with van der Waals surface area (Å²) in [6, 6.07) is 8.67. The number of urea groups is 1. The molecule has 1 aliphatic heterocycles. The highest BCUT2D eigenvalue weighted by atomic mass is 16.2. The average molecular weight is 429 g/mol. The summed E-state index contributed by atoms with van der Waals surface area (Å²) in [5.74, 6) is -0.292. The van der Waals surface area contributed by atoms with Gasteiger partial charge in [0.25, 0.3) is 0 Å². The Kier molecular flexibility index (Phi) is 7.93. The maximum atomic E-state index is 13.5. The molecular formula is C24H36N4O3. The highest BCUT2D eigenvalue weighted by Crippen LogP contribution is 2.27. The molecule has 2 fully saturated rings. The molecule has 7 nitrogen and oxygen atoms in total. The largest absolute Gasteiger partial charge is 0.370 e. The predicted molar refractivity (Wildman–Crippen MR) is 120 cm³/mol. The highest BCUT2D eigenvalue weighted by Gasteiger charge is 2.44. The van der Waals surface area contributed by atoms with Crippen LogP contribution in [-0.4, -0.2) is 52.3 Å². The molecule has 1 heterocycles. The SMILES string of the molecule is CC(C)C[C@H]1C(=O)N(Cc2ccccc2)C[C@H](CC(N)=O)N1C(=O)NC1CCCCC1. The first-order valence-electron chi connectivity index (χ1n) is 11.5. The Balaban J connectivity index is 1.84. The minimum Gasteiger partial charge on any atom is -0.370 e. The molecule has 7 heteroatoms. The first-order chi connectivity index (χ1) is 14.8. The lowest BCUT2D eigenvalue weighted by molar-refractivity contribution is -0.145. The Bertz CT molecular complexity index is 761. The minimum atomic E-state index is -0.592. The molecule has 1 saturated heterocycles. The summed E-state index contributed by atoms with van der Waals surface area (Å²) in [6.07, 6.45) is 5.93. The molecule has 3 rings (SSSR count). The van der Waals surface area contributed by atoms with Gasteiger partial charge in [-0.3, -0.25) is 9.59 Å². The van der Waals surface area contributed by atoms with Crippen molar-refractivity contribution in [3.8, 4) is 0 Å². The van der Waals surface area contributed by atoms with E-state index in [2.05, 4.69) is 5.32 Å². The second kappa shape index (κ2) is 10.6. The molecule has 1 aromatic carbocycles. The summed E-state index contributed by atoms with van der Waals surface area (Å²) in [6.45, 7) is 4.86. The van der Waals surface area contributed by atoms with Crippen LogP contribution in [0.15, 0.2) is 30.3 Å². The van der Waals surface area contributed by atoms with Crippen molar-refractivity contribution >= 4 is 17.8 Å². The maximum Gasteiger partial charge on any atom is 0.318 e. The number of carbonyl (C=O) groups is 3. The zero-order chi connectivity index (χ0) is 22.4. The Morgan fingerprint density at radius 2 is 1.81 bits per heavy atom. The van der Waals surface area contributed by atoms with Crippen molar-refractivity contribution in [3.63, 3.8) is 0 Å². The molecule has 1 aromatic rings. The van der Waals surface area contributed by atoms with Gasteiger partial charge in [0.1, 0.15) is 6.04 Å². The number of nitrogens with one attached hydrogen (secondary N) is 1. The van der Waals surface area contributed by atoms with Crippen LogP contribution in [0.4, 0.5) is 4.79 Å². The Labute approximate surface area is 185 Å². The summed E-state index contributed by atoms with van der Waals surface area (Å²) in [5, 5.41) is 3.14. The lowest BCUT2D eigenvalue weighted by Gasteiger charge is -2.46. The van der Waals surface area contributed by atoms with Crippen molar-refractivity contribution in [2.24, 2.45) is 11.7 Å². The summed E-state index contributed by atoms with van der Waals surface area (Å²) in [7, 11) is 0. The summed E-state index contributed by atoms with van der Waals surface area (Å²) < 4.78 is 0. The second-order valence-electron chi connectivity index (χ2n) is 9.37. The van der Waals surface area contributed by atoms with Crippen molar-refractivity contribution in [2.45, 2.75) is 83.5 Å². The van der Waals surface area contributed by atoms with Crippen LogP contribution in [0.25, 0.3) is 0 Å². The molecule has 0 unspecified atom stereocenters. The van der Waals surface area contributed by atoms with Gasteiger partial charge in [0.15, 0.2) is 0 Å². The maximum absolute atomic E-state index is 13.5. The lowest BCUT2D eigenvalue weighted by atomic mass is 9.94. The summed E-state index contributed by atoms with van der Waals surface area (Å²) in [4.78, 5) is 42.1. The van der Waals surface area contributed by atoms with Gasteiger partial charge in [0.2, 0.25) is 11.8 Å². The first kappa shape index (κ1) is 23.1. The number of primary amides is 1. The number of piperazine rings is 1. The fraction of sp³-hybridized carbons (Fsp3) is 0.625. The number of amides is 4. The Hall–Kier alpha value is -2.57. The molecule has 2 aliphatic rings. The van der Waals surface area contributed by atoms with E-state index in [1.54, 1.807) is 9.80 Å². The summed E-state index contributed by atoms with van der Waals surface area (Å²) in [5.41, 5.74) is 6.57. The number of nitrogens with zero attached hydrogens (tertiary/aromatic N) is 2. The zero-order valence-corrected chi connectivity index (χ0v) is 18.8. The molecule has 3 N–H and O–H groups in total. The standard InChI is InChI=1S/C24H36N4O3/c1-17(2)13-21-23(30)27(15-18-9-5-3-6-10-18)16-20(14-22(25)29)28(21)24(31)26-19-11-7-4-8-12-19/h3,5-6,9-10,17,19-21H,4,7-8,11-16H2,1-2H3,(H2,25,29)(H,26,31)/t20-,21-/m0/s1. The molecule has 1 aliphatic carbocycles. The number of hydrogen-bond donors (Lipinski definition) is 2. The van der Waals surface area contributed by atoms with E-state index in [9.17, 15) is 14.4 Å². The lowest BCUT2D eigenvalue weighted by Crippen LogP contribution is -2.66. The van der Waals surface area contributed by atoms with Gasteiger partial charge >= 0.3 is 6.03 Å². The van der Waals surface area contributed by atoms with Crippen LogP contribution in [0.5, 0.6) is 0 Å². The van der Waals surface area contributed by atoms with E-state index in [4.69, 9.17) is 5.73 Å². The van der Waals surface area contributed by atoms with E-state index in [1.807, 2.05) is 44.2 Å². The van der Waals surface area contributed by atoms with Crippen molar-refractivity contribution in [1.82, 2.24) is 15.1 Å². The van der Waals surface area contributed by atoms with Crippen LogP contribution >= 0.6 is 0 Å². The van der Waals surface area contributed by atoms with Gasteiger partial charge in [-0.2, -0.15) is 0 Å². The van der Waals surface area contributed by atoms with Crippen LogP contribution < -0.4 is 11.1 Å². The molecule has 0 radical (unpaired) electrons. The predicted octanol–water partition coefficient (Wildman–Crippen LogP) is 3.03. The van der Waals surface area contributed by atoms with Crippen molar-refractivity contribution in [2.75, 3.05) is 6.54 Å². The van der Waals surface area contributed by atoms with Gasteiger partial charge < -0.3 is 20.9 Å². The Morgan fingerprint density at radius 1 is 1.13 bits per heavy atom. The minimum absolute atomic E-state index is 0.0469. The van der Waals surface area contributed by atoms with Crippen molar-refractivity contribution in [1.29, 1.82) is 0 Å². The van der Waals surface area contributed by atoms with E-state index in [-0.39, 0.29) is 30.3 Å². The second-order valence-corrected chi connectivity index (χ2v) is 9.37. The first-order valence-corrected chi connectivity index (χ1v) is 11.5. The fourth-order valence-corrected chi connectivity index (χ4v) is 4.82. The molecule has 0 bridgehead atoms. The van der Waals surface area contributed by atoms with E-state index in [1.165, 1.54) is 6.42 Å². The molecule has 4 amide bonds. The highest BCUT2D eigenvalue weighted by molar-refractivity contribution is 5.89. The van der Waals surface area contributed by atoms with Gasteiger partial charge in [-0.05, 0) is 30.7 Å². The zero-order valence-electron chi connectivity index (χ0n) is 18.8. The number of nitrogens with two attached hydrogens (primary N) is 1. The molecular weight excluding hydrogens is 392 g/mol. The Morgan fingerprint density at radius 3 is 2.42 bits per heavy atom. The smallest absolute Gasteiger partial charge is 0.318 e. The third kappa shape index (κ3) is 6.21. The third-order valence-corrected chi connectivity index (χ3v) is 6.27. The van der Waals surface area contributed by atoms with E-state index >= 15 is 0 Å². The number of hydrogen-bond acceptors (Lipinski definition) is 3. The van der Waals surface area contributed by atoms with Crippen molar-refractivity contribution in [3.05, 3.63) is 35.9 Å². The van der Waals surface area contributed by atoms with E-state index < -0.39 is 18.0 Å². The number of rotatable bonds is 7. The van der Waals surface area contributed by atoms with E-state index in [0.29, 0.717) is 19.5 Å². The summed E-state index contributed by atoms with van der Waals surface area (Å²) >= 11 is 0. The van der Waals surface area contributed by atoms with Gasteiger partial charge in [0, 0.05) is 25.6 Å². The number of benzene rings is 1. The molecule has 0 aromatic heterocycles. The van der Waals surface area contributed by atoms with Gasteiger partial charge in [-0.15, -0.1) is 0 Å². The van der Waals surface area contributed by atoms with Crippen LogP contribution in [0, 0.1) is 5.92 Å². The van der Waals surface area contributed by atoms with Crippen LogP contribution in [-0.2, 0) is 16.1 Å². The molecule has 2 atom stereocenters. The molecule has 170 valence electrons. The van der Waals surface area contributed by atoms with Crippen LogP contribution in [0.3, 0.4) is 0 Å². The fourth-order valence-electron chi connectivity index (χ4n) is 4.82.